The zero-order chi connectivity index (χ0) is 14.9. The Morgan fingerprint density at radius 1 is 1.45 bits per heavy atom. The van der Waals surface area contributed by atoms with E-state index in [1.807, 2.05) is 20.8 Å². The first-order chi connectivity index (χ1) is 9.41. The number of hydrogen-bond acceptors (Lipinski definition) is 4. The predicted octanol–water partition coefficient (Wildman–Crippen LogP) is 1.36. The second kappa shape index (κ2) is 6.22. The van der Waals surface area contributed by atoms with Crippen LogP contribution in [-0.2, 0) is 9.53 Å². The van der Waals surface area contributed by atoms with E-state index in [0.29, 0.717) is 12.4 Å². The summed E-state index contributed by atoms with van der Waals surface area (Å²) in [5, 5.41) is 12.1. The molecule has 114 valence electrons. The molecule has 0 spiro atoms. The minimum absolute atomic E-state index is 0.0185. The Balaban J connectivity index is 2.08. The van der Waals surface area contributed by atoms with E-state index >= 15 is 0 Å². The quantitative estimate of drug-likeness (QED) is 0.823. The number of ether oxygens (including phenoxy) is 1. The highest BCUT2D eigenvalue weighted by molar-refractivity contribution is 8.00. The van der Waals surface area contributed by atoms with Crippen LogP contribution >= 0.6 is 11.8 Å². The van der Waals surface area contributed by atoms with Gasteiger partial charge in [-0.25, -0.2) is 9.59 Å². The lowest BCUT2D eigenvalue weighted by atomic mass is 10.1. The van der Waals surface area contributed by atoms with Gasteiger partial charge in [-0.2, -0.15) is 0 Å². The molecule has 2 fully saturated rings. The van der Waals surface area contributed by atoms with Crippen molar-refractivity contribution in [2.75, 3.05) is 12.4 Å². The molecule has 2 amide bonds. The average molecular weight is 302 g/mol. The zero-order valence-corrected chi connectivity index (χ0v) is 12.9. The van der Waals surface area contributed by atoms with Crippen molar-refractivity contribution in [3.05, 3.63) is 0 Å². The average Bonchev–Trinajstić information content (AvgIpc) is 2.96. The van der Waals surface area contributed by atoms with E-state index in [1.165, 1.54) is 16.7 Å². The number of urea groups is 1. The number of nitrogens with zero attached hydrogens (tertiary/aromatic N) is 1. The maximum atomic E-state index is 12.5. The second-order valence-electron chi connectivity index (χ2n) is 5.65. The maximum Gasteiger partial charge on any atom is 0.327 e. The van der Waals surface area contributed by atoms with Crippen LogP contribution in [0, 0.1) is 5.92 Å². The lowest BCUT2D eigenvalue weighted by Crippen LogP contribution is -2.54. The van der Waals surface area contributed by atoms with Gasteiger partial charge in [-0.1, -0.05) is 13.8 Å². The Bertz CT molecular complexity index is 391. The lowest BCUT2D eigenvalue weighted by molar-refractivity contribution is -0.141. The number of nitrogens with one attached hydrogen (secondary N) is 1. The first-order valence-corrected chi connectivity index (χ1v) is 8.01. The number of carboxylic acids is 1. The fourth-order valence-electron chi connectivity index (χ4n) is 2.64. The van der Waals surface area contributed by atoms with Gasteiger partial charge in [-0.3, -0.25) is 4.90 Å². The summed E-state index contributed by atoms with van der Waals surface area (Å²) in [7, 11) is 0. The van der Waals surface area contributed by atoms with Gasteiger partial charge >= 0.3 is 12.0 Å². The van der Waals surface area contributed by atoms with Gasteiger partial charge in [0, 0.05) is 12.4 Å². The summed E-state index contributed by atoms with van der Waals surface area (Å²) in [5.74, 6) is -0.277. The minimum Gasteiger partial charge on any atom is -0.480 e. The summed E-state index contributed by atoms with van der Waals surface area (Å²) in [5.41, 5.74) is 0. The molecule has 0 radical (unpaired) electrons. The smallest absolute Gasteiger partial charge is 0.327 e. The molecule has 4 unspecified atom stereocenters. The van der Waals surface area contributed by atoms with Crippen LogP contribution in [0.5, 0.6) is 0 Å². The first kappa shape index (κ1) is 15.4. The van der Waals surface area contributed by atoms with Crippen LogP contribution in [0.4, 0.5) is 4.79 Å². The number of thioether (sulfide) groups is 1. The van der Waals surface area contributed by atoms with Gasteiger partial charge in [0.25, 0.3) is 0 Å². The third kappa shape index (κ3) is 3.03. The van der Waals surface area contributed by atoms with Crippen LogP contribution < -0.4 is 5.32 Å². The number of carbonyl (C=O) groups is 2. The SMILES string of the molecule is CC(C)C1SCC(C(=O)O)N1C(=O)NC1CCOC1C. The molecule has 0 bridgehead atoms. The molecular weight excluding hydrogens is 280 g/mol. The summed E-state index contributed by atoms with van der Waals surface area (Å²) >= 11 is 1.54. The minimum atomic E-state index is -0.938. The summed E-state index contributed by atoms with van der Waals surface area (Å²) < 4.78 is 5.42. The number of hydrogen-bond donors (Lipinski definition) is 2. The van der Waals surface area contributed by atoms with E-state index in [2.05, 4.69) is 5.32 Å². The van der Waals surface area contributed by atoms with E-state index in [1.54, 1.807) is 0 Å². The van der Waals surface area contributed by atoms with Gasteiger partial charge in [0.2, 0.25) is 0 Å². The third-order valence-corrected chi connectivity index (χ3v) is 5.43. The molecule has 6 nitrogen and oxygen atoms in total. The molecular formula is C13H22N2O4S. The maximum absolute atomic E-state index is 12.5. The largest absolute Gasteiger partial charge is 0.480 e. The number of carbonyl (C=O) groups excluding carboxylic acids is 1. The number of rotatable bonds is 3. The fourth-order valence-corrected chi connectivity index (χ4v) is 4.11. The topological polar surface area (TPSA) is 78.9 Å². The highest BCUT2D eigenvalue weighted by atomic mass is 32.2. The molecule has 2 saturated heterocycles. The first-order valence-electron chi connectivity index (χ1n) is 6.96. The number of aliphatic carboxylic acids is 1. The van der Waals surface area contributed by atoms with E-state index < -0.39 is 12.0 Å². The Morgan fingerprint density at radius 2 is 2.15 bits per heavy atom. The molecule has 0 aromatic rings. The molecule has 2 aliphatic heterocycles. The number of amides is 2. The van der Waals surface area contributed by atoms with Crippen molar-refractivity contribution in [3.63, 3.8) is 0 Å². The van der Waals surface area contributed by atoms with Gasteiger partial charge in [0.15, 0.2) is 0 Å². The Kier molecular flexibility index (Phi) is 4.80. The fraction of sp³-hybridized carbons (Fsp3) is 0.846. The molecule has 0 aromatic carbocycles. The molecule has 0 aliphatic carbocycles. The van der Waals surface area contributed by atoms with Crippen LogP contribution in [0.3, 0.4) is 0 Å². The molecule has 4 atom stereocenters. The van der Waals surface area contributed by atoms with Gasteiger partial charge in [-0.15, -0.1) is 11.8 Å². The Morgan fingerprint density at radius 3 is 2.65 bits per heavy atom. The highest BCUT2D eigenvalue weighted by Crippen LogP contribution is 2.34. The lowest BCUT2D eigenvalue weighted by Gasteiger charge is -2.31. The van der Waals surface area contributed by atoms with Crippen molar-refractivity contribution in [1.29, 1.82) is 0 Å². The third-order valence-electron chi connectivity index (χ3n) is 3.81. The molecule has 2 heterocycles. The summed E-state index contributed by atoms with van der Waals surface area (Å²) in [6.07, 6.45) is 0.757. The summed E-state index contributed by atoms with van der Waals surface area (Å²) in [6.45, 7) is 6.56. The van der Waals surface area contributed by atoms with E-state index in [0.717, 1.165) is 6.42 Å². The van der Waals surface area contributed by atoms with Crippen molar-refractivity contribution in [3.8, 4) is 0 Å². The molecule has 2 aliphatic rings. The predicted molar refractivity (Wildman–Crippen MR) is 76.7 cm³/mol. The summed E-state index contributed by atoms with van der Waals surface area (Å²) in [6, 6.07) is -1.07. The van der Waals surface area contributed by atoms with Crippen LogP contribution in [0.25, 0.3) is 0 Å². The number of carboxylic acid groups (broad SMARTS) is 1. The highest BCUT2D eigenvalue weighted by Gasteiger charge is 2.43. The van der Waals surface area contributed by atoms with Crippen molar-refractivity contribution in [2.24, 2.45) is 5.92 Å². The van der Waals surface area contributed by atoms with Crippen molar-refractivity contribution < 1.29 is 19.4 Å². The van der Waals surface area contributed by atoms with Crippen LogP contribution in [0.1, 0.15) is 27.2 Å². The van der Waals surface area contributed by atoms with E-state index in [9.17, 15) is 14.7 Å². The van der Waals surface area contributed by atoms with Crippen LogP contribution in [0.15, 0.2) is 0 Å². The van der Waals surface area contributed by atoms with Gasteiger partial charge < -0.3 is 15.2 Å². The van der Waals surface area contributed by atoms with Crippen molar-refractivity contribution in [1.82, 2.24) is 10.2 Å². The van der Waals surface area contributed by atoms with Crippen LogP contribution in [0.2, 0.25) is 0 Å². The zero-order valence-electron chi connectivity index (χ0n) is 12.0. The Labute approximate surface area is 123 Å². The molecule has 0 aromatic heterocycles. The van der Waals surface area contributed by atoms with Crippen molar-refractivity contribution >= 4 is 23.8 Å². The van der Waals surface area contributed by atoms with Gasteiger partial charge in [-0.05, 0) is 19.3 Å². The molecule has 2 N–H and O–H groups in total. The van der Waals surface area contributed by atoms with E-state index in [-0.39, 0.29) is 29.5 Å². The van der Waals surface area contributed by atoms with Crippen molar-refractivity contribution in [2.45, 2.75) is 50.8 Å². The normalized spacial score (nSPS) is 33.7. The Hall–Kier alpha value is -0.950. The van der Waals surface area contributed by atoms with Gasteiger partial charge in [0.1, 0.15) is 6.04 Å². The molecule has 20 heavy (non-hydrogen) atoms. The molecule has 0 saturated carbocycles. The van der Waals surface area contributed by atoms with Gasteiger partial charge in [0.05, 0.1) is 17.5 Å². The standard InChI is InChI=1S/C13H22N2O4S/c1-7(2)11-15(10(6-20-11)12(16)17)13(18)14-9-4-5-19-8(9)3/h7-11H,4-6H2,1-3H3,(H,14,18)(H,16,17). The summed E-state index contributed by atoms with van der Waals surface area (Å²) in [4.78, 5) is 25.3. The second-order valence-corrected chi connectivity index (χ2v) is 6.80. The molecule has 7 heteroatoms. The monoisotopic (exact) mass is 302 g/mol. The van der Waals surface area contributed by atoms with Crippen LogP contribution in [-0.4, -0.2) is 57.9 Å². The molecule has 2 rings (SSSR count). The van der Waals surface area contributed by atoms with E-state index in [4.69, 9.17) is 4.74 Å².